The number of piperidine rings is 1. The van der Waals surface area contributed by atoms with E-state index in [9.17, 15) is 10.2 Å². The highest BCUT2D eigenvalue weighted by atomic mass is 16.8. The van der Waals surface area contributed by atoms with Crippen molar-refractivity contribution < 1.29 is 24.5 Å². The van der Waals surface area contributed by atoms with Crippen molar-refractivity contribution in [2.24, 2.45) is 0 Å². The van der Waals surface area contributed by atoms with Crippen LogP contribution in [0.5, 0.6) is 0 Å². The van der Waals surface area contributed by atoms with Crippen molar-refractivity contribution in [2.45, 2.75) is 55.8 Å². The lowest BCUT2D eigenvalue weighted by atomic mass is 9.96. The lowest BCUT2D eigenvalue weighted by Gasteiger charge is -2.41. The van der Waals surface area contributed by atoms with Gasteiger partial charge in [0.05, 0.1) is 25.8 Å². The van der Waals surface area contributed by atoms with E-state index in [2.05, 4.69) is 0 Å². The third-order valence-corrected chi connectivity index (χ3v) is 5.54. The molecule has 2 heterocycles. The fraction of sp³-hybridized carbons (Fsp3) is 0.600. The van der Waals surface area contributed by atoms with E-state index < -0.39 is 24.0 Å². The number of nitrogens with zero attached hydrogens (tertiary/aromatic N) is 1. The van der Waals surface area contributed by atoms with Gasteiger partial charge < -0.3 is 19.7 Å². The molecule has 1 aromatic rings. The lowest BCUT2D eigenvalue weighted by Crippen LogP contribution is -2.61. The molecule has 3 aliphatic rings. The molecule has 2 saturated heterocycles. The topological polar surface area (TPSA) is 71.4 Å². The molecule has 6 heteroatoms. The Labute approximate surface area is 153 Å². The Bertz CT molecular complexity index is 616. The monoisotopic (exact) mass is 361 g/mol. The molecule has 1 aliphatic carbocycles. The van der Waals surface area contributed by atoms with Crippen molar-refractivity contribution in [1.82, 2.24) is 5.06 Å². The summed E-state index contributed by atoms with van der Waals surface area (Å²) in [6, 6.07) is 9.48. The molecule has 2 unspecified atom stereocenters. The van der Waals surface area contributed by atoms with Crippen LogP contribution in [0.4, 0.5) is 0 Å². The minimum Gasteiger partial charge on any atom is -0.395 e. The average molecular weight is 361 g/mol. The fourth-order valence-electron chi connectivity index (χ4n) is 4.21. The summed E-state index contributed by atoms with van der Waals surface area (Å²) in [6.45, 7) is 0.651. The number of hydrogen-bond donors (Lipinski definition) is 2. The molecule has 6 nitrogen and oxygen atoms in total. The number of fused-ring (bicyclic) bond motifs is 1. The van der Waals surface area contributed by atoms with Gasteiger partial charge in [-0.1, -0.05) is 42.5 Å². The Morgan fingerprint density at radius 1 is 1.19 bits per heavy atom. The number of benzene rings is 1. The summed E-state index contributed by atoms with van der Waals surface area (Å²) in [7, 11) is 0. The van der Waals surface area contributed by atoms with Gasteiger partial charge in [0, 0.05) is 12.8 Å². The Morgan fingerprint density at radius 2 is 1.96 bits per heavy atom. The summed E-state index contributed by atoms with van der Waals surface area (Å²) < 4.78 is 12.3. The van der Waals surface area contributed by atoms with Gasteiger partial charge in [-0.2, -0.15) is 5.06 Å². The van der Waals surface area contributed by atoms with Crippen LogP contribution < -0.4 is 0 Å². The van der Waals surface area contributed by atoms with Gasteiger partial charge >= 0.3 is 0 Å². The van der Waals surface area contributed by atoms with Crippen LogP contribution in [0.2, 0.25) is 0 Å². The van der Waals surface area contributed by atoms with Crippen LogP contribution in [0.1, 0.15) is 31.2 Å². The van der Waals surface area contributed by atoms with E-state index in [-0.39, 0.29) is 12.7 Å². The van der Waals surface area contributed by atoms with Crippen LogP contribution in [0.3, 0.4) is 0 Å². The number of aliphatic hydroxyl groups excluding tert-OH is 2. The molecule has 2 aliphatic heterocycles. The molecule has 1 aromatic carbocycles. The zero-order chi connectivity index (χ0) is 18.0. The molecule has 1 spiro atoms. The lowest BCUT2D eigenvalue weighted by molar-refractivity contribution is -0.247. The number of hydroxylamine groups is 2. The molecule has 1 saturated carbocycles. The molecule has 0 aromatic heterocycles. The van der Waals surface area contributed by atoms with Crippen LogP contribution in [-0.4, -0.2) is 65.2 Å². The standard InChI is InChI=1S/C20H27NO5/c22-14-16-18(23)19-17(25-20(26-19)10-4-5-11-20)13-21(16)24-12-6-9-15-7-2-1-3-8-15/h1-3,6-9,16-19,22-23H,4-5,10-14H2/b9-6+/t16?,17-,18?,19-/m1/s1. The first-order chi connectivity index (χ1) is 12.7. The van der Waals surface area contributed by atoms with Crippen LogP contribution in [0, 0.1) is 0 Å². The Hall–Kier alpha value is -1.28. The highest BCUT2D eigenvalue weighted by Gasteiger charge is 2.56. The Morgan fingerprint density at radius 3 is 2.69 bits per heavy atom. The molecule has 2 N–H and O–H groups in total. The van der Waals surface area contributed by atoms with Gasteiger partial charge in [-0.05, 0) is 18.4 Å². The van der Waals surface area contributed by atoms with Gasteiger partial charge in [-0.25, -0.2) is 0 Å². The largest absolute Gasteiger partial charge is 0.395 e. The van der Waals surface area contributed by atoms with Crippen molar-refractivity contribution >= 4 is 6.08 Å². The molecule has 3 fully saturated rings. The summed E-state index contributed by atoms with van der Waals surface area (Å²) in [4.78, 5) is 5.83. The predicted octanol–water partition coefficient (Wildman–Crippen LogP) is 1.72. The number of ether oxygens (including phenoxy) is 2. The van der Waals surface area contributed by atoms with Crippen LogP contribution in [0.15, 0.2) is 36.4 Å². The zero-order valence-corrected chi connectivity index (χ0v) is 14.9. The maximum atomic E-state index is 10.7. The Balaban J connectivity index is 1.37. The minimum atomic E-state index is -0.836. The van der Waals surface area contributed by atoms with Gasteiger partial charge in [0.2, 0.25) is 0 Å². The highest BCUT2D eigenvalue weighted by Crippen LogP contribution is 2.44. The quantitative estimate of drug-likeness (QED) is 0.832. The SMILES string of the molecule is OCC1C(O)[C@@H]2OC3(CCCC3)O[C@@H]2CN1OC/C=C/c1ccccc1. The second kappa shape index (κ2) is 7.76. The average Bonchev–Trinajstić information content (AvgIpc) is 3.26. The third-order valence-electron chi connectivity index (χ3n) is 5.54. The smallest absolute Gasteiger partial charge is 0.169 e. The molecule has 0 radical (unpaired) electrons. The molecule has 26 heavy (non-hydrogen) atoms. The van der Waals surface area contributed by atoms with E-state index in [0.717, 1.165) is 31.2 Å². The van der Waals surface area contributed by atoms with Crippen molar-refractivity contribution in [3.8, 4) is 0 Å². The first-order valence-electron chi connectivity index (χ1n) is 9.46. The summed E-state index contributed by atoms with van der Waals surface area (Å²) in [5.41, 5.74) is 1.10. The first-order valence-corrected chi connectivity index (χ1v) is 9.46. The van der Waals surface area contributed by atoms with E-state index in [1.807, 2.05) is 42.5 Å². The van der Waals surface area contributed by atoms with E-state index in [4.69, 9.17) is 14.3 Å². The van der Waals surface area contributed by atoms with E-state index in [1.165, 1.54) is 0 Å². The minimum absolute atomic E-state index is 0.191. The molecule has 142 valence electrons. The molecule has 4 rings (SSSR count). The second-order valence-electron chi connectivity index (χ2n) is 7.31. The summed E-state index contributed by atoms with van der Waals surface area (Å²) in [5, 5.41) is 22.1. The van der Waals surface area contributed by atoms with Crippen LogP contribution in [0.25, 0.3) is 6.08 Å². The normalized spacial score (nSPS) is 33.9. The number of rotatable bonds is 5. The van der Waals surface area contributed by atoms with Crippen molar-refractivity contribution in [3.63, 3.8) is 0 Å². The molecule has 0 bridgehead atoms. The fourth-order valence-corrected chi connectivity index (χ4v) is 4.21. The van der Waals surface area contributed by atoms with Crippen molar-refractivity contribution in [2.75, 3.05) is 19.8 Å². The first kappa shape index (κ1) is 18.1. The van der Waals surface area contributed by atoms with E-state index in [0.29, 0.717) is 13.2 Å². The number of hydrogen-bond acceptors (Lipinski definition) is 6. The van der Waals surface area contributed by atoms with Gasteiger partial charge in [-0.15, -0.1) is 0 Å². The van der Waals surface area contributed by atoms with Crippen molar-refractivity contribution in [3.05, 3.63) is 42.0 Å². The molecule has 0 amide bonds. The van der Waals surface area contributed by atoms with E-state index >= 15 is 0 Å². The zero-order valence-electron chi connectivity index (χ0n) is 14.9. The second-order valence-corrected chi connectivity index (χ2v) is 7.31. The van der Waals surface area contributed by atoms with E-state index in [1.54, 1.807) is 5.06 Å². The highest BCUT2D eigenvalue weighted by molar-refractivity contribution is 5.48. The van der Waals surface area contributed by atoms with Crippen molar-refractivity contribution in [1.29, 1.82) is 0 Å². The summed E-state index contributed by atoms with van der Waals surface area (Å²) in [6.07, 6.45) is 6.36. The van der Waals surface area contributed by atoms with Gasteiger partial charge in [0.1, 0.15) is 18.3 Å². The summed E-state index contributed by atoms with van der Waals surface area (Å²) in [5.74, 6) is -0.542. The third kappa shape index (κ3) is 3.58. The van der Waals surface area contributed by atoms with Crippen LogP contribution >= 0.6 is 0 Å². The Kier molecular flexibility index (Phi) is 5.40. The summed E-state index contributed by atoms with van der Waals surface area (Å²) >= 11 is 0. The predicted molar refractivity (Wildman–Crippen MR) is 96.0 cm³/mol. The van der Waals surface area contributed by atoms with Gasteiger partial charge in [0.25, 0.3) is 0 Å². The van der Waals surface area contributed by atoms with Gasteiger partial charge in [-0.3, -0.25) is 4.84 Å². The van der Waals surface area contributed by atoms with Crippen LogP contribution in [-0.2, 0) is 14.3 Å². The molecular formula is C20H27NO5. The molecular weight excluding hydrogens is 334 g/mol. The number of aliphatic hydroxyl groups is 2. The van der Waals surface area contributed by atoms with Gasteiger partial charge in [0.15, 0.2) is 5.79 Å². The maximum Gasteiger partial charge on any atom is 0.169 e. The molecule has 4 atom stereocenters. The maximum absolute atomic E-state index is 10.7.